The summed E-state index contributed by atoms with van der Waals surface area (Å²) in [4.78, 5) is 37.3. The average Bonchev–Trinajstić information content (AvgIpc) is 3.75. The third-order valence-electron chi connectivity index (χ3n) is 7.08. The molecule has 198 valence electrons. The second kappa shape index (κ2) is 10.8. The molecule has 0 atom stereocenters. The van der Waals surface area contributed by atoms with E-state index in [1.165, 1.54) is 11.3 Å². The van der Waals surface area contributed by atoms with Crippen LogP contribution in [0.1, 0.15) is 55.9 Å². The molecule has 9 nitrogen and oxygen atoms in total. The van der Waals surface area contributed by atoms with E-state index in [2.05, 4.69) is 25.8 Å². The van der Waals surface area contributed by atoms with Crippen molar-refractivity contribution < 1.29 is 14.1 Å². The standard InChI is InChI=1S/C29H28N6O3S/c1-18-24(25(34-38-18)19-6-3-2-4-7-19)29(37)35-14-10-20(11-15-35)28-33-23(17-39-28)27(36)32-22-9-5-8-21(16-22)26-30-12-13-31-26/h2-9,16-17,20H,10-15H2,1H3,(H,30,31)(H,32,36). The Labute approximate surface area is 230 Å². The van der Waals surface area contributed by atoms with Crippen LogP contribution in [0, 0.1) is 6.92 Å². The Hall–Kier alpha value is -4.31. The first-order chi connectivity index (χ1) is 19.1. The number of likely N-dealkylation sites (tertiary alicyclic amines) is 1. The van der Waals surface area contributed by atoms with Crippen molar-refractivity contribution in [2.75, 3.05) is 31.5 Å². The van der Waals surface area contributed by atoms with E-state index < -0.39 is 0 Å². The monoisotopic (exact) mass is 540 g/mol. The summed E-state index contributed by atoms with van der Waals surface area (Å²) in [5.41, 5.74) is 4.01. The molecule has 4 heterocycles. The molecule has 0 spiro atoms. The fourth-order valence-electron chi connectivity index (χ4n) is 5.01. The number of thiazole rings is 1. The number of aromatic nitrogens is 2. The number of benzene rings is 2. The Bertz CT molecular complexity index is 1540. The molecule has 4 aromatic rings. The molecule has 39 heavy (non-hydrogen) atoms. The largest absolute Gasteiger partial charge is 0.368 e. The molecule has 0 saturated carbocycles. The van der Waals surface area contributed by atoms with Gasteiger partial charge in [-0.05, 0) is 31.9 Å². The highest BCUT2D eigenvalue weighted by Gasteiger charge is 2.31. The van der Waals surface area contributed by atoms with Crippen LogP contribution >= 0.6 is 11.3 Å². The molecule has 2 N–H and O–H groups in total. The van der Waals surface area contributed by atoms with Crippen molar-refractivity contribution in [3.05, 3.63) is 87.6 Å². The lowest BCUT2D eigenvalue weighted by Gasteiger charge is -2.31. The van der Waals surface area contributed by atoms with Crippen molar-refractivity contribution in [1.82, 2.24) is 20.4 Å². The lowest BCUT2D eigenvalue weighted by molar-refractivity contribution is 0.0711. The lowest BCUT2D eigenvalue weighted by atomic mass is 9.96. The zero-order valence-corrected chi connectivity index (χ0v) is 22.3. The van der Waals surface area contributed by atoms with Crippen molar-refractivity contribution >= 4 is 34.7 Å². The maximum absolute atomic E-state index is 13.4. The van der Waals surface area contributed by atoms with E-state index in [1.54, 1.807) is 12.3 Å². The summed E-state index contributed by atoms with van der Waals surface area (Å²) in [6.45, 7) is 4.57. The van der Waals surface area contributed by atoms with Gasteiger partial charge in [0, 0.05) is 47.7 Å². The highest BCUT2D eigenvalue weighted by atomic mass is 32.1. The number of carbonyl (C=O) groups excluding carboxylic acids is 2. The van der Waals surface area contributed by atoms with Gasteiger partial charge in [-0.1, -0.05) is 47.6 Å². The highest BCUT2D eigenvalue weighted by Crippen LogP contribution is 2.33. The molecule has 6 rings (SSSR count). The molecule has 0 radical (unpaired) electrons. The summed E-state index contributed by atoms with van der Waals surface area (Å²) >= 11 is 1.50. The second-order valence-electron chi connectivity index (χ2n) is 9.66. The van der Waals surface area contributed by atoms with E-state index >= 15 is 0 Å². The predicted octanol–water partition coefficient (Wildman–Crippen LogP) is 4.73. The quantitative estimate of drug-likeness (QED) is 0.366. The van der Waals surface area contributed by atoms with Gasteiger partial charge in [-0.15, -0.1) is 11.3 Å². The van der Waals surface area contributed by atoms with Gasteiger partial charge in [-0.2, -0.15) is 0 Å². The van der Waals surface area contributed by atoms with Gasteiger partial charge in [0.1, 0.15) is 28.5 Å². The zero-order chi connectivity index (χ0) is 26.8. The van der Waals surface area contributed by atoms with Gasteiger partial charge < -0.3 is 20.1 Å². The topological polar surface area (TPSA) is 113 Å². The SMILES string of the molecule is Cc1onc(-c2ccccc2)c1C(=O)N1CCC(c2nc(C(=O)Nc3cccc(C4=NCCN4)c3)cs2)CC1. The minimum Gasteiger partial charge on any atom is -0.368 e. The van der Waals surface area contributed by atoms with E-state index in [0.29, 0.717) is 41.5 Å². The number of aliphatic imine (C=N–C) groups is 1. The van der Waals surface area contributed by atoms with E-state index in [0.717, 1.165) is 47.9 Å². The Morgan fingerprint density at radius 3 is 2.64 bits per heavy atom. The van der Waals surface area contributed by atoms with E-state index in [-0.39, 0.29) is 17.7 Å². The molecule has 1 fully saturated rings. The van der Waals surface area contributed by atoms with Gasteiger partial charge in [0.2, 0.25) is 0 Å². The van der Waals surface area contributed by atoms with Gasteiger partial charge in [0.05, 0.1) is 11.6 Å². The van der Waals surface area contributed by atoms with Crippen LogP contribution in [0.25, 0.3) is 11.3 Å². The van der Waals surface area contributed by atoms with E-state index in [1.807, 2.05) is 59.5 Å². The van der Waals surface area contributed by atoms with Crippen molar-refractivity contribution in [3.63, 3.8) is 0 Å². The minimum atomic E-state index is -0.236. The summed E-state index contributed by atoms with van der Waals surface area (Å²) in [7, 11) is 0. The van der Waals surface area contributed by atoms with Crippen LogP contribution in [0.2, 0.25) is 0 Å². The van der Waals surface area contributed by atoms with Gasteiger partial charge in [-0.3, -0.25) is 14.6 Å². The maximum atomic E-state index is 13.4. The van der Waals surface area contributed by atoms with Gasteiger partial charge in [0.25, 0.3) is 11.8 Å². The molecule has 2 aromatic heterocycles. The Morgan fingerprint density at radius 1 is 1.08 bits per heavy atom. The van der Waals surface area contributed by atoms with Crippen LogP contribution in [0.3, 0.4) is 0 Å². The van der Waals surface area contributed by atoms with Gasteiger partial charge >= 0.3 is 0 Å². The summed E-state index contributed by atoms with van der Waals surface area (Å²) in [5, 5.41) is 13.1. The second-order valence-corrected chi connectivity index (χ2v) is 10.5. The van der Waals surface area contributed by atoms with Crippen molar-refractivity contribution in [1.29, 1.82) is 0 Å². The Kier molecular flexibility index (Phi) is 6.93. The van der Waals surface area contributed by atoms with Crippen LogP contribution in [-0.4, -0.2) is 58.9 Å². The molecular weight excluding hydrogens is 512 g/mol. The normalized spacial score (nSPS) is 15.6. The number of aryl methyl sites for hydroxylation is 1. The number of nitrogens with zero attached hydrogens (tertiary/aromatic N) is 4. The molecule has 2 aliphatic heterocycles. The number of amidine groups is 1. The number of amides is 2. The summed E-state index contributed by atoms with van der Waals surface area (Å²) in [6, 6.07) is 17.3. The summed E-state index contributed by atoms with van der Waals surface area (Å²) < 4.78 is 5.40. The highest BCUT2D eigenvalue weighted by molar-refractivity contribution is 7.10. The summed E-state index contributed by atoms with van der Waals surface area (Å²) in [5.74, 6) is 1.27. The molecule has 10 heteroatoms. The summed E-state index contributed by atoms with van der Waals surface area (Å²) in [6.07, 6.45) is 1.56. The number of hydrogen-bond acceptors (Lipinski definition) is 8. The number of anilines is 1. The van der Waals surface area contributed by atoms with Crippen molar-refractivity contribution in [3.8, 4) is 11.3 Å². The number of carbonyl (C=O) groups is 2. The molecule has 0 bridgehead atoms. The average molecular weight is 541 g/mol. The molecule has 2 aliphatic rings. The maximum Gasteiger partial charge on any atom is 0.275 e. The fraction of sp³-hybridized carbons (Fsp3) is 0.276. The predicted molar refractivity (Wildman–Crippen MR) is 150 cm³/mol. The van der Waals surface area contributed by atoms with Gasteiger partial charge in [0.15, 0.2) is 0 Å². The number of nitrogens with one attached hydrogen (secondary N) is 2. The van der Waals surface area contributed by atoms with Crippen LogP contribution in [0.4, 0.5) is 5.69 Å². The Balaban J connectivity index is 1.08. The molecule has 2 amide bonds. The molecule has 0 unspecified atom stereocenters. The molecule has 0 aliphatic carbocycles. The molecular formula is C29H28N6O3S. The zero-order valence-electron chi connectivity index (χ0n) is 21.5. The smallest absolute Gasteiger partial charge is 0.275 e. The number of hydrogen-bond donors (Lipinski definition) is 2. The van der Waals surface area contributed by atoms with E-state index in [9.17, 15) is 9.59 Å². The lowest BCUT2D eigenvalue weighted by Crippen LogP contribution is -2.38. The van der Waals surface area contributed by atoms with Gasteiger partial charge in [-0.25, -0.2) is 4.98 Å². The first-order valence-corrected chi connectivity index (χ1v) is 13.9. The molecule has 2 aromatic carbocycles. The first kappa shape index (κ1) is 25.0. The van der Waals surface area contributed by atoms with Crippen molar-refractivity contribution in [2.45, 2.75) is 25.7 Å². The van der Waals surface area contributed by atoms with E-state index in [4.69, 9.17) is 4.52 Å². The fourth-order valence-corrected chi connectivity index (χ4v) is 5.99. The first-order valence-electron chi connectivity index (χ1n) is 13.0. The van der Waals surface area contributed by atoms with Crippen molar-refractivity contribution in [2.24, 2.45) is 4.99 Å². The number of rotatable bonds is 6. The molecule has 1 saturated heterocycles. The van der Waals surface area contributed by atoms with Crippen LogP contribution < -0.4 is 10.6 Å². The Morgan fingerprint density at radius 2 is 1.87 bits per heavy atom. The van der Waals surface area contributed by atoms with Crippen LogP contribution in [0.5, 0.6) is 0 Å². The number of piperidine rings is 1. The minimum absolute atomic E-state index is 0.0637. The van der Waals surface area contributed by atoms with Crippen LogP contribution in [0.15, 0.2) is 69.5 Å². The third-order valence-corrected chi connectivity index (χ3v) is 8.09. The third kappa shape index (κ3) is 5.20. The van der Waals surface area contributed by atoms with Crippen LogP contribution in [-0.2, 0) is 0 Å².